The van der Waals surface area contributed by atoms with E-state index in [0.717, 1.165) is 10.4 Å². The zero-order valence-electron chi connectivity index (χ0n) is 17.3. The molecule has 0 bridgehead atoms. The number of benzene rings is 1. The van der Waals surface area contributed by atoms with Crippen LogP contribution >= 0.6 is 11.3 Å². The van der Waals surface area contributed by atoms with Crippen LogP contribution in [-0.4, -0.2) is 44.9 Å². The largest absolute Gasteiger partial charge is 0.447 e. The van der Waals surface area contributed by atoms with Gasteiger partial charge in [-0.05, 0) is 19.9 Å². The third-order valence-electron chi connectivity index (χ3n) is 5.06. The van der Waals surface area contributed by atoms with Crippen LogP contribution in [0.2, 0.25) is 0 Å². The first-order chi connectivity index (χ1) is 15.3. The molecule has 0 aliphatic carbocycles. The van der Waals surface area contributed by atoms with Gasteiger partial charge in [-0.15, -0.1) is 11.3 Å². The summed E-state index contributed by atoms with van der Waals surface area (Å²) >= 11 is 1.43. The third-order valence-corrected chi connectivity index (χ3v) is 6.29. The van der Waals surface area contributed by atoms with Crippen molar-refractivity contribution in [3.05, 3.63) is 53.2 Å². The van der Waals surface area contributed by atoms with Crippen LogP contribution in [0.1, 0.15) is 36.8 Å². The van der Waals surface area contributed by atoms with Crippen molar-refractivity contribution in [3.8, 4) is 10.6 Å². The number of thiazole rings is 1. The van der Waals surface area contributed by atoms with E-state index in [0.29, 0.717) is 16.8 Å². The maximum atomic E-state index is 12.8. The topological polar surface area (TPSA) is 100 Å². The Morgan fingerprint density at radius 1 is 1.22 bits per heavy atom. The molecule has 0 saturated carbocycles. The highest BCUT2D eigenvalue weighted by Crippen LogP contribution is 2.31. The first kappa shape index (κ1) is 22.0. The van der Waals surface area contributed by atoms with Gasteiger partial charge in [0.05, 0.1) is 12.1 Å². The zero-order chi connectivity index (χ0) is 22.8. The Labute approximate surface area is 186 Å². The number of halogens is 2. The quantitative estimate of drug-likeness (QED) is 0.537. The maximum Gasteiger partial charge on any atom is 0.416 e. The second-order valence-corrected chi connectivity index (χ2v) is 8.41. The number of hydrogen-bond acceptors (Lipinski definition) is 8. The number of amides is 1. The number of nitrogens with one attached hydrogen (secondary N) is 1. The number of aromatic nitrogens is 3. The molecule has 2 N–H and O–H groups in total. The molecule has 8 nitrogen and oxygen atoms in total. The first-order valence-corrected chi connectivity index (χ1v) is 10.7. The van der Waals surface area contributed by atoms with E-state index in [-0.39, 0.29) is 18.2 Å². The Bertz CT molecular complexity index is 1090. The van der Waals surface area contributed by atoms with E-state index < -0.39 is 24.7 Å². The molecule has 1 aromatic carbocycles. The summed E-state index contributed by atoms with van der Waals surface area (Å²) < 4.78 is 30.6. The summed E-state index contributed by atoms with van der Waals surface area (Å²) in [5.74, 6) is 0.627. The van der Waals surface area contributed by atoms with Gasteiger partial charge >= 0.3 is 6.09 Å². The second kappa shape index (κ2) is 9.13. The number of alkyl halides is 2. The highest BCUT2D eigenvalue weighted by atomic mass is 32.1. The van der Waals surface area contributed by atoms with Crippen LogP contribution < -0.4 is 10.2 Å². The van der Waals surface area contributed by atoms with E-state index in [9.17, 15) is 18.7 Å². The lowest BCUT2D eigenvalue weighted by atomic mass is 10.1. The van der Waals surface area contributed by atoms with Crippen molar-refractivity contribution in [1.82, 2.24) is 15.0 Å². The van der Waals surface area contributed by atoms with Crippen molar-refractivity contribution in [2.24, 2.45) is 0 Å². The molecule has 2 aromatic heterocycles. The van der Waals surface area contributed by atoms with Gasteiger partial charge in [0.2, 0.25) is 5.95 Å². The Kier molecular flexibility index (Phi) is 6.28. The van der Waals surface area contributed by atoms with Crippen molar-refractivity contribution in [3.63, 3.8) is 0 Å². The Hall–Kier alpha value is -3.18. The van der Waals surface area contributed by atoms with Crippen molar-refractivity contribution in [2.45, 2.75) is 38.5 Å². The Morgan fingerprint density at radius 3 is 2.66 bits per heavy atom. The second-order valence-electron chi connectivity index (χ2n) is 7.35. The van der Waals surface area contributed by atoms with E-state index in [1.807, 2.05) is 6.92 Å². The number of ether oxygens (including phenoxy) is 1. The fourth-order valence-corrected chi connectivity index (χ4v) is 4.19. The summed E-state index contributed by atoms with van der Waals surface area (Å²) in [6, 6.07) is 6.90. The molecule has 168 valence electrons. The molecule has 4 rings (SSSR count). The van der Waals surface area contributed by atoms with E-state index in [1.54, 1.807) is 31.3 Å². The van der Waals surface area contributed by atoms with Crippen molar-refractivity contribution < 1.29 is 23.4 Å². The number of aliphatic hydroxyl groups is 1. The number of carbonyl (C=O) groups excluding carboxylic acids is 1. The number of anilines is 2. The molecule has 0 spiro atoms. The maximum absolute atomic E-state index is 12.8. The molecule has 1 amide bonds. The monoisotopic (exact) mass is 461 g/mol. The summed E-state index contributed by atoms with van der Waals surface area (Å²) in [7, 11) is 0. The average Bonchev–Trinajstić information content (AvgIpc) is 3.41. The number of rotatable bonds is 7. The van der Waals surface area contributed by atoms with Gasteiger partial charge in [0, 0.05) is 28.4 Å². The first-order valence-electron chi connectivity index (χ1n) is 9.91. The minimum atomic E-state index is -2.51. The van der Waals surface area contributed by atoms with Crippen LogP contribution in [0.5, 0.6) is 0 Å². The highest BCUT2D eigenvalue weighted by Gasteiger charge is 2.38. The van der Waals surface area contributed by atoms with Gasteiger partial charge in [0.15, 0.2) is 0 Å². The van der Waals surface area contributed by atoms with Gasteiger partial charge < -0.3 is 15.2 Å². The predicted octanol–water partition coefficient (Wildman–Crippen LogP) is 4.42. The lowest BCUT2D eigenvalue weighted by Crippen LogP contribution is -2.41. The van der Waals surface area contributed by atoms with E-state index in [2.05, 4.69) is 20.3 Å². The average molecular weight is 461 g/mol. The molecule has 32 heavy (non-hydrogen) atoms. The standard InChI is InChI=1S/C21H21F2N5O3S/c1-11(16-9-25-19(32-16)14-5-3-13(4-6-14)18(22)23)26-20-24-8-7-17(27-20)28-15(12(2)29)10-31-21(28)30/h3-9,11-12,15,18,29H,10H2,1-2H3,(H,24,26,27)/t11-,12+,15?/m0/s1. The summed E-state index contributed by atoms with van der Waals surface area (Å²) in [6.45, 7) is 3.59. The summed E-state index contributed by atoms with van der Waals surface area (Å²) in [5, 5.41) is 13.8. The number of nitrogens with zero attached hydrogens (tertiary/aromatic N) is 4. The highest BCUT2D eigenvalue weighted by molar-refractivity contribution is 7.15. The molecule has 3 aromatic rings. The van der Waals surface area contributed by atoms with Gasteiger partial charge in [-0.2, -0.15) is 4.98 Å². The summed E-state index contributed by atoms with van der Waals surface area (Å²) in [5.41, 5.74) is 0.727. The predicted molar refractivity (Wildman–Crippen MR) is 116 cm³/mol. The molecule has 1 aliphatic heterocycles. The molecule has 3 atom stereocenters. The Balaban J connectivity index is 1.48. The smallest absolute Gasteiger partial charge is 0.416 e. The summed E-state index contributed by atoms with van der Waals surface area (Å²) in [6.07, 6.45) is -0.626. The molecule has 1 unspecified atom stereocenters. The van der Waals surface area contributed by atoms with Crippen molar-refractivity contribution >= 4 is 29.2 Å². The van der Waals surface area contributed by atoms with Crippen LogP contribution in [0.4, 0.5) is 25.3 Å². The van der Waals surface area contributed by atoms with Crippen LogP contribution in [0.3, 0.4) is 0 Å². The molecule has 1 fully saturated rings. The van der Waals surface area contributed by atoms with Crippen molar-refractivity contribution in [2.75, 3.05) is 16.8 Å². The molecule has 3 heterocycles. The van der Waals surface area contributed by atoms with Crippen LogP contribution in [-0.2, 0) is 4.74 Å². The van der Waals surface area contributed by atoms with Crippen LogP contribution in [0.15, 0.2) is 42.7 Å². The van der Waals surface area contributed by atoms with E-state index >= 15 is 0 Å². The number of aliphatic hydroxyl groups excluding tert-OH is 1. The van der Waals surface area contributed by atoms with Gasteiger partial charge in [0.25, 0.3) is 6.43 Å². The van der Waals surface area contributed by atoms with Gasteiger partial charge in [-0.3, -0.25) is 4.90 Å². The Morgan fingerprint density at radius 2 is 1.97 bits per heavy atom. The van der Waals surface area contributed by atoms with Gasteiger partial charge in [0.1, 0.15) is 23.5 Å². The minimum absolute atomic E-state index is 0.0303. The zero-order valence-corrected chi connectivity index (χ0v) is 18.1. The lowest BCUT2D eigenvalue weighted by Gasteiger charge is -2.23. The third kappa shape index (κ3) is 4.53. The van der Waals surface area contributed by atoms with Crippen molar-refractivity contribution in [1.29, 1.82) is 0 Å². The van der Waals surface area contributed by atoms with Crippen LogP contribution in [0, 0.1) is 0 Å². The van der Waals surface area contributed by atoms with Crippen LogP contribution in [0.25, 0.3) is 10.6 Å². The molecule has 1 saturated heterocycles. The number of cyclic esters (lactones) is 1. The fraction of sp³-hybridized carbons (Fsp3) is 0.333. The number of hydrogen-bond donors (Lipinski definition) is 2. The molecule has 1 aliphatic rings. The van der Waals surface area contributed by atoms with E-state index in [1.165, 1.54) is 34.6 Å². The minimum Gasteiger partial charge on any atom is -0.447 e. The molecular weight excluding hydrogens is 440 g/mol. The molecule has 11 heteroatoms. The summed E-state index contributed by atoms with van der Waals surface area (Å²) in [4.78, 5) is 27.3. The normalized spacial score (nSPS) is 18.0. The molecular formula is C21H21F2N5O3S. The SMILES string of the molecule is C[C@H](Nc1nccc(N2C(=O)OCC2[C@@H](C)O)n1)c1cnc(-c2ccc(C(F)F)cc2)s1. The number of carbonyl (C=O) groups is 1. The van der Waals surface area contributed by atoms with E-state index in [4.69, 9.17) is 4.74 Å². The lowest BCUT2D eigenvalue weighted by molar-refractivity contribution is 0.142. The van der Waals surface area contributed by atoms with Gasteiger partial charge in [-0.1, -0.05) is 24.3 Å². The van der Waals surface area contributed by atoms with Gasteiger partial charge in [-0.25, -0.2) is 23.5 Å². The molecule has 0 radical (unpaired) electrons. The fourth-order valence-electron chi connectivity index (χ4n) is 3.26.